The molecule has 1 unspecified atom stereocenters. The van der Waals surface area contributed by atoms with Crippen molar-refractivity contribution < 1.29 is 14.4 Å². The third-order valence-corrected chi connectivity index (χ3v) is 6.86. The van der Waals surface area contributed by atoms with E-state index in [1.165, 1.54) is 23.6 Å². The molecule has 1 aliphatic rings. The largest absolute Gasteiger partial charge is 0.350 e. The lowest BCUT2D eigenvalue weighted by molar-refractivity contribution is -0.128. The number of aldehydes is 1. The van der Waals surface area contributed by atoms with Gasteiger partial charge in [-0.05, 0) is 73.4 Å². The molecule has 0 saturated carbocycles. The molecule has 39 heavy (non-hydrogen) atoms. The van der Waals surface area contributed by atoms with E-state index in [4.69, 9.17) is 5.73 Å². The summed E-state index contributed by atoms with van der Waals surface area (Å²) in [6.07, 6.45) is 5.73. The fourth-order valence-electron chi connectivity index (χ4n) is 4.20. The van der Waals surface area contributed by atoms with E-state index in [0.717, 1.165) is 47.8 Å². The number of carbonyl (C=O) groups excluding carboxylic acids is 3. The molecule has 3 aromatic rings. The second-order valence-corrected chi connectivity index (χ2v) is 10.3. The van der Waals surface area contributed by atoms with Crippen LogP contribution in [0.1, 0.15) is 43.7 Å². The third-order valence-electron chi connectivity index (χ3n) is 6.37. The van der Waals surface area contributed by atoms with Crippen LogP contribution in [0.15, 0.2) is 71.2 Å². The Morgan fingerprint density at radius 2 is 1.82 bits per heavy atom. The molecule has 1 atom stereocenters. The standard InChI is InChI=1S/C15H20BrN3O2.C12H10O.C4H11N/c1-19-7-3-6-13(19)15(21)18-10-14(20)17-9-11-4-2-5-12(16)8-11;13-9-8-11-6-3-5-10-4-1-2-7-12(10)11;1-2-3-4-5/h2,4-5,8,13H,3,6-7,9-10H2,1H3,(H,17,20)(H,18,21);1-7,9H,8H2;2-5H2,1H3. The van der Waals surface area contributed by atoms with Gasteiger partial charge in [0.25, 0.3) is 0 Å². The van der Waals surface area contributed by atoms with Crippen LogP contribution in [0.5, 0.6) is 0 Å². The molecule has 1 saturated heterocycles. The fourth-order valence-corrected chi connectivity index (χ4v) is 4.65. The molecule has 210 valence electrons. The van der Waals surface area contributed by atoms with Gasteiger partial charge < -0.3 is 21.2 Å². The van der Waals surface area contributed by atoms with E-state index >= 15 is 0 Å². The molecule has 0 radical (unpaired) electrons. The first-order chi connectivity index (χ1) is 18.9. The van der Waals surface area contributed by atoms with E-state index in [-0.39, 0.29) is 24.4 Å². The molecule has 0 aliphatic carbocycles. The highest BCUT2D eigenvalue weighted by atomic mass is 79.9. The molecule has 1 fully saturated rings. The zero-order valence-electron chi connectivity index (χ0n) is 23.0. The van der Waals surface area contributed by atoms with Gasteiger partial charge in [-0.1, -0.05) is 83.9 Å². The monoisotopic (exact) mass is 596 g/mol. The number of carbonyl (C=O) groups is 3. The van der Waals surface area contributed by atoms with Crippen molar-refractivity contribution in [2.24, 2.45) is 5.73 Å². The molecule has 2 amide bonds. The molecule has 7 nitrogen and oxygen atoms in total. The lowest BCUT2D eigenvalue weighted by Gasteiger charge is -2.18. The van der Waals surface area contributed by atoms with Gasteiger partial charge in [-0.25, -0.2) is 0 Å². The SMILES string of the molecule is CCCCN.CN1CCCC1C(=O)NCC(=O)NCc1cccc(Br)c1.O=CCc1cccc2ccccc12. The summed E-state index contributed by atoms with van der Waals surface area (Å²) in [6, 6.07) is 21.8. The summed E-state index contributed by atoms with van der Waals surface area (Å²) in [4.78, 5) is 36.1. The maximum Gasteiger partial charge on any atom is 0.239 e. The van der Waals surface area contributed by atoms with Gasteiger partial charge >= 0.3 is 0 Å². The van der Waals surface area contributed by atoms with Crippen LogP contribution in [0.2, 0.25) is 0 Å². The Balaban J connectivity index is 0.000000250. The molecule has 0 spiro atoms. The molecule has 1 heterocycles. The van der Waals surface area contributed by atoms with Crippen LogP contribution in [0.4, 0.5) is 0 Å². The summed E-state index contributed by atoms with van der Waals surface area (Å²) < 4.78 is 0.979. The lowest BCUT2D eigenvalue weighted by atomic mass is 10.0. The highest BCUT2D eigenvalue weighted by Gasteiger charge is 2.27. The molecule has 0 bridgehead atoms. The number of hydrogen-bond acceptors (Lipinski definition) is 5. The zero-order valence-corrected chi connectivity index (χ0v) is 24.6. The second-order valence-electron chi connectivity index (χ2n) is 9.41. The van der Waals surface area contributed by atoms with Crippen molar-refractivity contribution in [3.8, 4) is 0 Å². The summed E-state index contributed by atoms with van der Waals surface area (Å²) in [6.45, 7) is 4.39. The number of nitrogens with one attached hydrogen (secondary N) is 2. The van der Waals surface area contributed by atoms with Gasteiger partial charge in [0.05, 0.1) is 12.6 Å². The Labute approximate surface area is 240 Å². The summed E-state index contributed by atoms with van der Waals surface area (Å²) >= 11 is 3.39. The van der Waals surface area contributed by atoms with Crippen molar-refractivity contribution >= 4 is 44.8 Å². The van der Waals surface area contributed by atoms with Crippen LogP contribution in [-0.4, -0.2) is 55.7 Å². The number of unbranched alkanes of at least 4 members (excludes halogenated alkanes) is 1. The first kappa shape index (κ1) is 32.1. The van der Waals surface area contributed by atoms with Crippen LogP contribution in [-0.2, 0) is 27.3 Å². The number of likely N-dealkylation sites (tertiary alicyclic amines) is 1. The Morgan fingerprint density at radius 1 is 1.08 bits per heavy atom. The normalized spacial score (nSPS) is 14.4. The highest BCUT2D eigenvalue weighted by Crippen LogP contribution is 2.18. The minimum absolute atomic E-state index is 0.0250. The summed E-state index contributed by atoms with van der Waals surface area (Å²) in [7, 11) is 1.94. The van der Waals surface area contributed by atoms with Crippen molar-refractivity contribution in [1.82, 2.24) is 15.5 Å². The molecule has 8 heteroatoms. The third kappa shape index (κ3) is 11.7. The van der Waals surface area contributed by atoms with Gasteiger partial charge in [0.1, 0.15) is 6.29 Å². The van der Waals surface area contributed by atoms with Crippen molar-refractivity contribution in [2.45, 2.75) is 51.6 Å². The van der Waals surface area contributed by atoms with Crippen molar-refractivity contribution in [3.63, 3.8) is 0 Å². The number of hydrogen-bond donors (Lipinski definition) is 3. The van der Waals surface area contributed by atoms with Crippen molar-refractivity contribution in [2.75, 3.05) is 26.7 Å². The minimum atomic E-state index is -0.177. The minimum Gasteiger partial charge on any atom is -0.350 e. The van der Waals surface area contributed by atoms with Crippen LogP contribution in [0.3, 0.4) is 0 Å². The number of amides is 2. The maximum absolute atomic E-state index is 11.9. The zero-order chi connectivity index (χ0) is 28.5. The van der Waals surface area contributed by atoms with Crippen LogP contribution in [0, 0.1) is 0 Å². The van der Waals surface area contributed by atoms with Gasteiger partial charge in [-0.15, -0.1) is 0 Å². The topological polar surface area (TPSA) is 105 Å². The van der Waals surface area contributed by atoms with Gasteiger partial charge in [-0.2, -0.15) is 0 Å². The Kier molecular flexibility index (Phi) is 15.0. The summed E-state index contributed by atoms with van der Waals surface area (Å²) in [5.74, 6) is -0.239. The summed E-state index contributed by atoms with van der Waals surface area (Å²) in [5.41, 5.74) is 7.26. The van der Waals surface area contributed by atoms with E-state index in [1.54, 1.807) is 0 Å². The second kappa shape index (κ2) is 18.3. The highest BCUT2D eigenvalue weighted by molar-refractivity contribution is 9.10. The lowest BCUT2D eigenvalue weighted by Crippen LogP contribution is -2.45. The molecule has 0 aromatic heterocycles. The number of nitrogens with two attached hydrogens (primary N) is 1. The predicted molar refractivity (Wildman–Crippen MR) is 162 cm³/mol. The summed E-state index contributed by atoms with van der Waals surface area (Å²) in [5, 5.41) is 7.87. The van der Waals surface area contributed by atoms with Crippen molar-refractivity contribution in [1.29, 1.82) is 0 Å². The molecular formula is C31H41BrN4O3. The average molecular weight is 598 g/mol. The first-order valence-corrected chi connectivity index (χ1v) is 14.3. The molecular weight excluding hydrogens is 556 g/mol. The Morgan fingerprint density at radius 3 is 2.46 bits per heavy atom. The number of benzene rings is 3. The van der Waals surface area contributed by atoms with Gasteiger partial charge in [0.2, 0.25) is 11.8 Å². The average Bonchev–Trinajstić information content (AvgIpc) is 3.38. The quantitative estimate of drug-likeness (QED) is 0.313. The van der Waals surface area contributed by atoms with Gasteiger partial charge in [-0.3, -0.25) is 14.5 Å². The molecule has 1 aliphatic heterocycles. The van der Waals surface area contributed by atoms with E-state index in [2.05, 4.69) is 45.6 Å². The Bertz CT molecular complexity index is 1180. The number of fused-ring (bicyclic) bond motifs is 1. The van der Waals surface area contributed by atoms with Crippen molar-refractivity contribution in [3.05, 3.63) is 82.3 Å². The number of nitrogens with zero attached hydrogens (tertiary/aromatic N) is 1. The Hall–Kier alpha value is -3.07. The van der Waals surface area contributed by atoms with E-state index in [9.17, 15) is 14.4 Å². The van der Waals surface area contributed by atoms with Gasteiger partial charge in [0.15, 0.2) is 0 Å². The fraction of sp³-hybridized carbons (Fsp3) is 0.387. The smallest absolute Gasteiger partial charge is 0.239 e. The molecule has 3 aromatic carbocycles. The van der Waals surface area contributed by atoms with Crippen LogP contribution >= 0.6 is 15.9 Å². The maximum atomic E-state index is 11.9. The molecule has 4 N–H and O–H groups in total. The number of likely N-dealkylation sites (N-methyl/N-ethyl adjacent to an activating group) is 1. The van der Waals surface area contributed by atoms with E-state index in [0.29, 0.717) is 13.0 Å². The van der Waals surface area contributed by atoms with Crippen LogP contribution in [0.25, 0.3) is 10.8 Å². The van der Waals surface area contributed by atoms with Gasteiger partial charge in [0, 0.05) is 17.4 Å². The van der Waals surface area contributed by atoms with E-state index < -0.39 is 0 Å². The number of rotatable bonds is 9. The van der Waals surface area contributed by atoms with E-state index in [1.807, 2.05) is 66.5 Å². The van der Waals surface area contributed by atoms with Crippen LogP contribution < -0.4 is 16.4 Å². The molecule has 4 rings (SSSR count). The number of halogens is 1. The first-order valence-electron chi connectivity index (χ1n) is 13.5. The predicted octanol–water partition coefficient (Wildman–Crippen LogP) is 4.60.